The van der Waals surface area contributed by atoms with Gasteiger partial charge < -0.3 is 14.3 Å². The first kappa shape index (κ1) is 12.4. The minimum Gasteiger partial charge on any atom is -0.381 e. The van der Waals surface area contributed by atoms with Crippen molar-refractivity contribution in [1.82, 2.24) is 9.55 Å². The fourth-order valence-corrected chi connectivity index (χ4v) is 3.15. The molecular formula is C13H15BrN2OS. The maximum absolute atomic E-state index is 5.54. The summed E-state index contributed by atoms with van der Waals surface area (Å²) in [5.74, 6) is 0.573. The summed E-state index contributed by atoms with van der Waals surface area (Å²) in [6.45, 7) is 2.69. The van der Waals surface area contributed by atoms with Crippen molar-refractivity contribution < 1.29 is 4.74 Å². The molecular weight excluding hydrogens is 312 g/mol. The molecule has 1 aromatic heterocycles. The third-order valence-electron chi connectivity index (χ3n) is 3.43. The molecule has 1 unspecified atom stereocenters. The standard InChI is InChI=1S/C13H15BrN2OS/c14-10-3-4-11-12(6-10)16(13(18)15-11)7-9-2-1-5-17-8-9/h3-4,6,9H,1-2,5,7-8H2,(H,15,18). The van der Waals surface area contributed by atoms with Gasteiger partial charge in [0, 0.05) is 23.5 Å². The zero-order valence-corrected chi connectivity index (χ0v) is 12.4. The first-order chi connectivity index (χ1) is 8.74. The molecule has 18 heavy (non-hydrogen) atoms. The second-order valence-corrected chi connectivity index (χ2v) is 6.09. The molecule has 2 heterocycles. The van der Waals surface area contributed by atoms with Crippen molar-refractivity contribution in [2.45, 2.75) is 19.4 Å². The van der Waals surface area contributed by atoms with Crippen molar-refractivity contribution in [1.29, 1.82) is 0 Å². The highest BCUT2D eigenvalue weighted by Crippen LogP contribution is 2.23. The lowest BCUT2D eigenvalue weighted by Crippen LogP contribution is -2.22. The molecule has 3 nitrogen and oxygen atoms in total. The molecule has 1 saturated heterocycles. The number of imidazole rings is 1. The predicted molar refractivity (Wildman–Crippen MR) is 78.4 cm³/mol. The molecule has 1 aliphatic heterocycles. The fraction of sp³-hybridized carbons (Fsp3) is 0.462. The number of nitrogens with one attached hydrogen (secondary N) is 1. The lowest BCUT2D eigenvalue weighted by molar-refractivity contribution is 0.0486. The van der Waals surface area contributed by atoms with Crippen molar-refractivity contribution in [2.75, 3.05) is 13.2 Å². The number of hydrogen-bond donors (Lipinski definition) is 1. The van der Waals surface area contributed by atoms with Crippen molar-refractivity contribution in [3.8, 4) is 0 Å². The Morgan fingerprint density at radius 3 is 3.17 bits per heavy atom. The van der Waals surface area contributed by atoms with Crippen LogP contribution >= 0.6 is 28.1 Å². The molecule has 0 bridgehead atoms. The molecule has 1 atom stereocenters. The zero-order chi connectivity index (χ0) is 12.5. The molecule has 0 spiro atoms. The molecule has 1 fully saturated rings. The Bertz CT molecular complexity index is 613. The quantitative estimate of drug-likeness (QED) is 0.848. The number of aromatic nitrogens is 2. The molecule has 3 rings (SSSR count). The molecule has 0 amide bonds. The van der Waals surface area contributed by atoms with Crippen LogP contribution in [0.25, 0.3) is 11.0 Å². The number of rotatable bonds is 2. The lowest BCUT2D eigenvalue weighted by Gasteiger charge is -2.22. The molecule has 0 radical (unpaired) electrons. The van der Waals surface area contributed by atoms with Gasteiger partial charge in [-0.25, -0.2) is 0 Å². The molecule has 96 valence electrons. The number of benzene rings is 1. The summed E-state index contributed by atoms with van der Waals surface area (Å²) in [6.07, 6.45) is 2.38. The summed E-state index contributed by atoms with van der Waals surface area (Å²) in [4.78, 5) is 3.26. The van der Waals surface area contributed by atoms with E-state index < -0.39 is 0 Å². The number of nitrogens with zero attached hydrogens (tertiary/aromatic N) is 1. The Morgan fingerprint density at radius 2 is 2.39 bits per heavy atom. The third-order valence-corrected chi connectivity index (χ3v) is 4.25. The van der Waals surface area contributed by atoms with E-state index in [0.717, 1.165) is 40.9 Å². The van der Waals surface area contributed by atoms with E-state index in [-0.39, 0.29) is 0 Å². The fourth-order valence-electron chi connectivity index (χ4n) is 2.52. The monoisotopic (exact) mass is 326 g/mol. The van der Waals surface area contributed by atoms with Gasteiger partial charge >= 0.3 is 0 Å². The minimum atomic E-state index is 0.573. The highest BCUT2D eigenvalue weighted by Gasteiger charge is 2.16. The number of aromatic amines is 1. The molecule has 5 heteroatoms. The summed E-state index contributed by atoms with van der Waals surface area (Å²) in [7, 11) is 0. The van der Waals surface area contributed by atoms with Gasteiger partial charge in [0.2, 0.25) is 0 Å². The van der Waals surface area contributed by atoms with E-state index in [1.54, 1.807) is 0 Å². The summed E-state index contributed by atoms with van der Waals surface area (Å²) < 4.78 is 9.61. The van der Waals surface area contributed by atoms with Crippen LogP contribution in [-0.4, -0.2) is 22.8 Å². The largest absolute Gasteiger partial charge is 0.381 e. The van der Waals surface area contributed by atoms with E-state index >= 15 is 0 Å². The summed E-state index contributed by atoms with van der Waals surface area (Å²) in [5, 5.41) is 0. The third kappa shape index (κ3) is 2.39. The van der Waals surface area contributed by atoms with Crippen LogP contribution in [0, 0.1) is 10.7 Å². The second kappa shape index (κ2) is 5.15. The molecule has 1 aromatic carbocycles. The van der Waals surface area contributed by atoms with Crippen LogP contribution in [0.4, 0.5) is 0 Å². The lowest BCUT2D eigenvalue weighted by atomic mass is 10.0. The average Bonchev–Trinajstić information content (AvgIpc) is 2.67. The summed E-state index contributed by atoms with van der Waals surface area (Å²) in [5.41, 5.74) is 2.26. The highest BCUT2D eigenvalue weighted by atomic mass is 79.9. The zero-order valence-electron chi connectivity index (χ0n) is 9.99. The molecule has 1 aliphatic rings. The van der Waals surface area contributed by atoms with Gasteiger partial charge in [0.05, 0.1) is 17.6 Å². The molecule has 1 N–H and O–H groups in total. The normalized spacial score (nSPS) is 20.4. The van der Waals surface area contributed by atoms with Gasteiger partial charge in [-0.05, 0) is 43.3 Å². The molecule has 0 aliphatic carbocycles. The van der Waals surface area contributed by atoms with E-state index in [0.29, 0.717) is 5.92 Å². The van der Waals surface area contributed by atoms with E-state index in [1.165, 1.54) is 11.9 Å². The SMILES string of the molecule is S=c1[nH]c2ccc(Br)cc2n1CC1CCCOC1. The summed E-state index contributed by atoms with van der Waals surface area (Å²) in [6, 6.07) is 6.20. The Morgan fingerprint density at radius 1 is 1.50 bits per heavy atom. The van der Waals surface area contributed by atoms with Gasteiger partial charge in [-0.15, -0.1) is 0 Å². The number of halogens is 1. The van der Waals surface area contributed by atoms with Crippen molar-refractivity contribution in [3.05, 3.63) is 27.4 Å². The average molecular weight is 327 g/mol. The van der Waals surface area contributed by atoms with Gasteiger partial charge in [-0.3, -0.25) is 0 Å². The van der Waals surface area contributed by atoms with Crippen molar-refractivity contribution in [2.24, 2.45) is 5.92 Å². The Kier molecular flexibility index (Phi) is 3.54. The Labute approximate surface area is 119 Å². The van der Waals surface area contributed by atoms with E-state index in [9.17, 15) is 0 Å². The predicted octanol–water partition coefficient (Wildman–Crippen LogP) is 3.89. The topological polar surface area (TPSA) is 29.9 Å². The number of H-pyrrole nitrogens is 1. The van der Waals surface area contributed by atoms with Crippen LogP contribution in [-0.2, 0) is 11.3 Å². The Balaban J connectivity index is 1.97. The van der Waals surface area contributed by atoms with Crippen LogP contribution in [0.3, 0.4) is 0 Å². The molecule has 0 saturated carbocycles. The summed E-state index contributed by atoms with van der Waals surface area (Å²) >= 11 is 8.93. The van der Waals surface area contributed by atoms with Gasteiger partial charge in [0.1, 0.15) is 0 Å². The maximum Gasteiger partial charge on any atom is 0.178 e. The number of hydrogen-bond acceptors (Lipinski definition) is 2. The van der Waals surface area contributed by atoms with Crippen LogP contribution in [0.15, 0.2) is 22.7 Å². The van der Waals surface area contributed by atoms with Gasteiger partial charge in [0.15, 0.2) is 4.77 Å². The minimum absolute atomic E-state index is 0.573. The van der Waals surface area contributed by atoms with Crippen molar-refractivity contribution >= 4 is 39.2 Å². The second-order valence-electron chi connectivity index (χ2n) is 4.79. The van der Waals surface area contributed by atoms with Crippen molar-refractivity contribution in [3.63, 3.8) is 0 Å². The van der Waals surface area contributed by atoms with Gasteiger partial charge in [-0.2, -0.15) is 0 Å². The molecule has 2 aromatic rings. The Hall–Kier alpha value is -0.650. The van der Waals surface area contributed by atoms with Crippen LogP contribution in [0.1, 0.15) is 12.8 Å². The van der Waals surface area contributed by atoms with Gasteiger partial charge in [-0.1, -0.05) is 15.9 Å². The van der Waals surface area contributed by atoms with E-state index in [1.807, 2.05) is 6.07 Å². The first-order valence-electron chi connectivity index (χ1n) is 6.20. The van der Waals surface area contributed by atoms with E-state index in [2.05, 4.69) is 37.6 Å². The maximum atomic E-state index is 5.54. The van der Waals surface area contributed by atoms with Gasteiger partial charge in [0.25, 0.3) is 0 Å². The van der Waals surface area contributed by atoms with Crippen LogP contribution in [0.5, 0.6) is 0 Å². The van der Waals surface area contributed by atoms with E-state index in [4.69, 9.17) is 17.0 Å². The number of ether oxygens (including phenoxy) is 1. The highest BCUT2D eigenvalue weighted by molar-refractivity contribution is 9.10. The van der Waals surface area contributed by atoms with Crippen LogP contribution < -0.4 is 0 Å². The first-order valence-corrected chi connectivity index (χ1v) is 7.40. The van der Waals surface area contributed by atoms with Crippen LogP contribution in [0.2, 0.25) is 0 Å². The number of fused-ring (bicyclic) bond motifs is 1. The smallest absolute Gasteiger partial charge is 0.178 e.